The van der Waals surface area contributed by atoms with Crippen molar-refractivity contribution >= 4 is 17.6 Å². The second-order valence-corrected chi connectivity index (χ2v) is 6.54. The van der Waals surface area contributed by atoms with Crippen LogP contribution >= 0.6 is 0 Å². The molecule has 1 aromatic rings. The minimum atomic E-state index is -1.35. The minimum absolute atomic E-state index is 0.220. The molecular weight excluding hydrogens is 320 g/mol. The average Bonchev–Trinajstić information content (AvgIpc) is 2.84. The molecule has 1 saturated heterocycles. The molecule has 0 spiro atoms. The van der Waals surface area contributed by atoms with E-state index in [9.17, 15) is 14.7 Å². The van der Waals surface area contributed by atoms with Crippen molar-refractivity contribution in [1.82, 2.24) is 4.90 Å². The van der Waals surface area contributed by atoms with Crippen molar-refractivity contribution < 1.29 is 19.4 Å². The number of likely N-dealkylation sites (tertiary alicyclic amines) is 1. The van der Waals surface area contributed by atoms with Crippen LogP contribution in [0, 0.1) is 5.92 Å². The Bertz CT molecular complexity index is 600. The lowest BCUT2D eigenvalue weighted by Crippen LogP contribution is -2.32. The molecule has 1 heterocycles. The Morgan fingerprint density at radius 2 is 1.88 bits per heavy atom. The maximum Gasteiger partial charge on any atom is 0.314 e. The smallest absolute Gasteiger partial charge is 0.314 e. The molecule has 1 fully saturated rings. The molecule has 0 aromatic heterocycles. The molecule has 0 saturated carbocycles. The van der Waals surface area contributed by atoms with Gasteiger partial charge >= 0.3 is 5.97 Å². The number of hydrogen-bond donors (Lipinski definition) is 1. The molecule has 1 amide bonds. The molecule has 3 atom stereocenters. The van der Waals surface area contributed by atoms with Crippen LogP contribution in [0.2, 0.25) is 0 Å². The highest BCUT2D eigenvalue weighted by Gasteiger charge is 2.52. The number of esters is 1. The Labute approximate surface area is 149 Å². The highest BCUT2D eigenvalue weighted by Crippen LogP contribution is 2.39. The van der Waals surface area contributed by atoms with Crippen LogP contribution in [0.3, 0.4) is 0 Å². The fraction of sp³-hybridized carbons (Fsp3) is 0.579. The molecule has 1 aliphatic heterocycles. The van der Waals surface area contributed by atoms with Gasteiger partial charge < -0.3 is 19.6 Å². The number of carbonyl (C=O) groups excluding carboxylic acids is 2. The zero-order chi connectivity index (χ0) is 18.6. The first kappa shape index (κ1) is 19.2. The van der Waals surface area contributed by atoms with Gasteiger partial charge in [-0.15, -0.1) is 0 Å². The lowest BCUT2D eigenvalue weighted by Gasteiger charge is -2.28. The van der Waals surface area contributed by atoms with Crippen LogP contribution in [0.15, 0.2) is 24.3 Å². The number of hydrogen-bond acceptors (Lipinski definition) is 5. The van der Waals surface area contributed by atoms with Crippen molar-refractivity contribution in [1.29, 1.82) is 0 Å². The number of ether oxygens (including phenoxy) is 1. The number of rotatable bonds is 7. The molecule has 1 aliphatic rings. The standard InChI is InChI=1S/C19H28N2O4/c1-5-7-12-21-16(13-8-10-14(11-9-13)20(3)4)15(17(22)18(21)23)19(24)25-6-2/h8-11,15-17,22H,5-7,12H2,1-4H3. The van der Waals surface area contributed by atoms with Gasteiger partial charge in [-0.25, -0.2) is 0 Å². The lowest BCUT2D eigenvalue weighted by atomic mass is 9.92. The van der Waals surface area contributed by atoms with Crippen LogP contribution in [0.25, 0.3) is 0 Å². The molecule has 2 rings (SSSR count). The summed E-state index contributed by atoms with van der Waals surface area (Å²) in [5, 5.41) is 10.4. The predicted octanol–water partition coefficient (Wildman–Crippen LogP) is 1.98. The van der Waals surface area contributed by atoms with Crippen LogP contribution in [-0.2, 0) is 14.3 Å². The lowest BCUT2D eigenvalue weighted by molar-refractivity contribution is -0.153. The van der Waals surface area contributed by atoms with Gasteiger partial charge in [0.2, 0.25) is 0 Å². The Morgan fingerprint density at radius 3 is 2.40 bits per heavy atom. The summed E-state index contributed by atoms with van der Waals surface area (Å²) in [6.45, 7) is 4.50. The van der Waals surface area contributed by atoms with Crippen LogP contribution in [0.1, 0.15) is 38.3 Å². The van der Waals surface area contributed by atoms with Crippen LogP contribution < -0.4 is 4.90 Å². The second kappa shape index (κ2) is 8.34. The van der Waals surface area contributed by atoms with Crippen molar-refractivity contribution in [3.05, 3.63) is 29.8 Å². The van der Waals surface area contributed by atoms with Crippen LogP contribution in [-0.4, -0.2) is 55.2 Å². The average molecular weight is 348 g/mol. The van der Waals surface area contributed by atoms with E-state index >= 15 is 0 Å². The van der Waals surface area contributed by atoms with Gasteiger partial charge in [-0.05, 0) is 31.0 Å². The number of anilines is 1. The van der Waals surface area contributed by atoms with Crippen molar-refractivity contribution in [3.63, 3.8) is 0 Å². The van der Waals surface area contributed by atoms with Crippen molar-refractivity contribution in [3.8, 4) is 0 Å². The molecule has 6 nitrogen and oxygen atoms in total. The Morgan fingerprint density at radius 1 is 1.24 bits per heavy atom. The highest BCUT2D eigenvalue weighted by atomic mass is 16.5. The number of unbranched alkanes of at least 4 members (excludes halogenated alkanes) is 1. The maximum atomic E-state index is 12.5. The molecule has 138 valence electrons. The number of amides is 1. The van der Waals surface area contributed by atoms with E-state index in [1.54, 1.807) is 11.8 Å². The fourth-order valence-corrected chi connectivity index (χ4v) is 3.26. The van der Waals surface area contributed by atoms with E-state index in [0.29, 0.717) is 6.54 Å². The third-order valence-corrected chi connectivity index (χ3v) is 4.61. The number of aliphatic hydroxyl groups is 1. The number of nitrogens with zero attached hydrogens (tertiary/aromatic N) is 2. The second-order valence-electron chi connectivity index (χ2n) is 6.54. The van der Waals surface area contributed by atoms with Gasteiger partial charge in [0.15, 0.2) is 0 Å². The molecule has 6 heteroatoms. The molecule has 0 radical (unpaired) electrons. The van der Waals surface area contributed by atoms with E-state index < -0.39 is 29.9 Å². The zero-order valence-electron chi connectivity index (χ0n) is 15.4. The fourth-order valence-electron chi connectivity index (χ4n) is 3.26. The van der Waals surface area contributed by atoms with Gasteiger partial charge in [-0.2, -0.15) is 0 Å². The Balaban J connectivity index is 2.40. The zero-order valence-corrected chi connectivity index (χ0v) is 15.4. The normalized spacial score (nSPS) is 23.0. The first-order valence-corrected chi connectivity index (χ1v) is 8.84. The summed E-state index contributed by atoms with van der Waals surface area (Å²) in [4.78, 5) is 28.6. The van der Waals surface area contributed by atoms with E-state index in [0.717, 1.165) is 24.1 Å². The van der Waals surface area contributed by atoms with E-state index in [2.05, 4.69) is 0 Å². The first-order valence-electron chi connectivity index (χ1n) is 8.84. The van der Waals surface area contributed by atoms with Crippen LogP contribution in [0.5, 0.6) is 0 Å². The first-order chi connectivity index (χ1) is 11.9. The Kier molecular flexibility index (Phi) is 6.42. The summed E-state index contributed by atoms with van der Waals surface area (Å²) in [6, 6.07) is 7.23. The van der Waals surface area contributed by atoms with E-state index in [-0.39, 0.29) is 6.61 Å². The van der Waals surface area contributed by atoms with Crippen LogP contribution in [0.4, 0.5) is 5.69 Å². The third kappa shape index (κ3) is 3.95. The van der Waals surface area contributed by atoms with Gasteiger partial charge in [0, 0.05) is 26.3 Å². The molecule has 1 N–H and O–H groups in total. The molecule has 3 unspecified atom stereocenters. The molecular formula is C19H28N2O4. The Hall–Kier alpha value is -2.08. The van der Waals surface area contributed by atoms with Gasteiger partial charge in [0.05, 0.1) is 12.6 Å². The molecule has 0 aliphatic carbocycles. The molecule has 25 heavy (non-hydrogen) atoms. The number of benzene rings is 1. The summed E-state index contributed by atoms with van der Waals surface area (Å²) < 4.78 is 5.12. The quantitative estimate of drug-likeness (QED) is 0.763. The van der Waals surface area contributed by atoms with Gasteiger partial charge in [0.1, 0.15) is 12.0 Å². The SMILES string of the molecule is CCCCN1C(=O)C(O)C(C(=O)OCC)C1c1ccc(N(C)C)cc1. The third-order valence-electron chi connectivity index (χ3n) is 4.61. The maximum absolute atomic E-state index is 12.5. The largest absolute Gasteiger partial charge is 0.466 e. The summed E-state index contributed by atoms with van der Waals surface area (Å²) >= 11 is 0. The monoisotopic (exact) mass is 348 g/mol. The molecule has 1 aromatic carbocycles. The molecule has 0 bridgehead atoms. The van der Waals surface area contributed by atoms with E-state index in [1.165, 1.54) is 0 Å². The summed E-state index contributed by atoms with van der Waals surface area (Å²) in [5.41, 5.74) is 1.87. The van der Waals surface area contributed by atoms with Gasteiger partial charge in [-0.3, -0.25) is 9.59 Å². The summed E-state index contributed by atoms with van der Waals surface area (Å²) in [7, 11) is 3.90. The highest BCUT2D eigenvalue weighted by molar-refractivity contribution is 5.92. The van der Waals surface area contributed by atoms with Crippen molar-refractivity contribution in [2.75, 3.05) is 32.1 Å². The summed E-state index contributed by atoms with van der Waals surface area (Å²) in [6.07, 6.45) is 0.394. The van der Waals surface area contributed by atoms with E-state index in [4.69, 9.17) is 4.74 Å². The van der Waals surface area contributed by atoms with Gasteiger partial charge in [-0.1, -0.05) is 25.5 Å². The minimum Gasteiger partial charge on any atom is -0.466 e. The van der Waals surface area contributed by atoms with E-state index in [1.807, 2.05) is 50.2 Å². The van der Waals surface area contributed by atoms with Crippen molar-refractivity contribution in [2.24, 2.45) is 5.92 Å². The van der Waals surface area contributed by atoms with Gasteiger partial charge in [0.25, 0.3) is 5.91 Å². The van der Waals surface area contributed by atoms with Crippen molar-refractivity contribution in [2.45, 2.75) is 38.8 Å². The number of aliphatic hydroxyl groups excluding tert-OH is 1. The number of carbonyl (C=O) groups is 2. The predicted molar refractivity (Wildman–Crippen MR) is 96.3 cm³/mol. The summed E-state index contributed by atoms with van der Waals surface area (Å²) in [5.74, 6) is -1.81. The topological polar surface area (TPSA) is 70.1 Å².